The van der Waals surface area contributed by atoms with Crippen LogP contribution in [0.25, 0.3) is 6.08 Å². The smallest absolute Gasteiger partial charge is 0.128 e. The number of hydrogen-bond donors (Lipinski definition) is 0. The van der Waals surface area contributed by atoms with Crippen molar-refractivity contribution in [1.82, 2.24) is 0 Å². The molecule has 2 aliphatic rings. The van der Waals surface area contributed by atoms with Crippen LogP contribution in [0.4, 0.5) is 0 Å². The van der Waals surface area contributed by atoms with Crippen LogP contribution in [0, 0.1) is 0 Å². The van der Waals surface area contributed by atoms with Crippen LogP contribution >= 0.6 is 11.3 Å². The number of thiophene rings is 1. The van der Waals surface area contributed by atoms with Gasteiger partial charge in [0.1, 0.15) is 7.85 Å². The topological polar surface area (TPSA) is 0 Å². The minimum Gasteiger partial charge on any atom is -0.152 e. The highest BCUT2D eigenvalue weighted by atomic mass is 32.1. The molecule has 0 bridgehead atoms. The molecule has 0 saturated heterocycles. The molecule has 2 radical (unpaired) electrons. The lowest BCUT2D eigenvalue weighted by Crippen LogP contribution is -1.88. The number of allylic oxidation sites excluding steroid dienone is 6. The summed E-state index contributed by atoms with van der Waals surface area (Å²) in [6.45, 7) is 4.22. The zero-order valence-corrected chi connectivity index (χ0v) is 10.5. The van der Waals surface area contributed by atoms with E-state index in [-0.39, 0.29) is 0 Å². The Morgan fingerprint density at radius 1 is 1.24 bits per heavy atom. The number of rotatable bonds is 1. The van der Waals surface area contributed by atoms with Crippen LogP contribution in [0.15, 0.2) is 53.2 Å². The second-order valence-corrected chi connectivity index (χ2v) is 5.64. The molecule has 0 aromatic carbocycles. The maximum Gasteiger partial charge on any atom is 0.128 e. The summed E-state index contributed by atoms with van der Waals surface area (Å²) in [6.07, 6.45) is 10.2. The monoisotopic (exact) mass is 236 g/mol. The fourth-order valence-electron chi connectivity index (χ4n) is 2.45. The van der Waals surface area contributed by atoms with Crippen LogP contribution in [0.3, 0.4) is 0 Å². The molecule has 0 N–H and O–H groups in total. The fourth-order valence-corrected chi connectivity index (χ4v) is 3.20. The summed E-state index contributed by atoms with van der Waals surface area (Å²) in [5.41, 5.74) is 5.36. The second kappa shape index (κ2) is 4.19. The molecular weight excluding hydrogens is 223 g/mol. The molecule has 2 aliphatic carbocycles. The van der Waals surface area contributed by atoms with Gasteiger partial charge < -0.3 is 0 Å². The van der Waals surface area contributed by atoms with Crippen LogP contribution in [-0.4, -0.2) is 7.85 Å². The van der Waals surface area contributed by atoms with Gasteiger partial charge in [0.15, 0.2) is 0 Å². The second-order valence-electron chi connectivity index (χ2n) is 4.49. The van der Waals surface area contributed by atoms with Crippen molar-refractivity contribution in [1.29, 1.82) is 0 Å². The molecule has 1 saturated carbocycles. The molecule has 1 aromatic heterocycles. The van der Waals surface area contributed by atoms with Gasteiger partial charge in [-0.1, -0.05) is 24.8 Å². The summed E-state index contributed by atoms with van der Waals surface area (Å²) in [6, 6.07) is 4.03. The van der Waals surface area contributed by atoms with Gasteiger partial charge >= 0.3 is 0 Å². The van der Waals surface area contributed by atoms with E-state index in [4.69, 9.17) is 7.85 Å². The summed E-state index contributed by atoms with van der Waals surface area (Å²) in [7, 11) is 5.75. The highest BCUT2D eigenvalue weighted by Crippen LogP contribution is 2.42. The molecule has 82 valence electrons. The minimum atomic E-state index is 0.872. The molecular formula is C15H13BS. The molecule has 2 heteroatoms. The Hall–Kier alpha value is -1.28. The van der Waals surface area contributed by atoms with Crippen LogP contribution < -0.4 is 4.78 Å². The maximum absolute atomic E-state index is 5.75. The van der Waals surface area contributed by atoms with Crippen molar-refractivity contribution in [3.05, 3.63) is 58.0 Å². The van der Waals surface area contributed by atoms with Gasteiger partial charge in [0, 0.05) is 4.88 Å². The summed E-state index contributed by atoms with van der Waals surface area (Å²) in [5, 5.41) is 0. The number of fused-ring (bicyclic) bond motifs is 1. The van der Waals surface area contributed by atoms with Gasteiger partial charge in [-0.15, -0.1) is 0 Å². The Morgan fingerprint density at radius 2 is 2.06 bits per heavy atom. The third-order valence-electron chi connectivity index (χ3n) is 3.31. The summed E-state index contributed by atoms with van der Waals surface area (Å²) < 4.78 is 0.872. The van der Waals surface area contributed by atoms with E-state index in [1.54, 1.807) is 11.3 Å². The zero-order chi connectivity index (χ0) is 11.8. The van der Waals surface area contributed by atoms with Crippen LogP contribution in [0.1, 0.15) is 24.1 Å². The lowest BCUT2D eigenvalue weighted by atomic mass is 9.99. The summed E-state index contributed by atoms with van der Waals surface area (Å²) in [5.74, 6) is 0. The molecule has 3 rings (SSSR count). The van der Waals surface area contributed by atoms with Gasteiger partial charge in [0.05, 0.1) is 0 Å². The lowest BCUT2D eigenvalue weighted by Gasteiger charge is -2.06. The van der Waals surface area contributed by atoms with Gasteiger partial charge in [-0.3, -0.25) is 0 Å². The quantitative estimate of drug-likeness (QED) is 0.654. The van der Waals surface area contributed by atoms with Gasteiger partial charge in [-0.2, -0.15) is 11.3 Å². The van der Waals surface area contributed by atoms with Gasteiger partial charge in [0.25, 0.3) is 0 Å². The normalized spacial score (nSPS) is 21.4. The SMILES string of the molecule is [B]c1ccc(/C=C2\CC3=CCCC=C3C2=C)s1. The molecule has 1 heterocycles. The van der Waals surface area contributed by atoms with Crippen molar-refractivity contribution < 1.29 is 0 Å². The predicted molar refractivity (Wildman–Crippen MR) is 76.8 cm³/mol. The van der Waals surface area contributed by atoms with E-state index in [1.165, 1.54) is 33.6 Å². The van der Waals surface area contributed by atoms with E-state index in [1.807, 2.05) is 6.07 Å². The maximum atomic E-state index is 5.75. The molecule has 0 atom stereocenters. The average molecular weight is 236 g/mol. The Labute approximate surface area is 107 Å². The van der Waals surface area contributed by atoms with Crippen LogP contribution in [0.5, 0.6) is 0 Å². The molecule has 0 nitrogen and oxygen atoms in total. The molecule has 0 aliphatic heterocycles. The van der Waals surface area contributed by atoms with E-state index in [0.717, 1.165) is 17.6 Å². The molecule has 0 amide bonds. The van der Waals surface area contributed by atoms with Crippen molar-refractivity contribution >= 4 is 30.0 Å². The Balaban J connectivity index is 1.96. The lowest BCUT2D eigenvalue weighted by molar-refractivity contribution is 0.998. The molecule has 0 spiro atoms. The molecule has 1 aromatic rings. The number of hydrogen-bond acceptors (Lipinski definition) is 1. The Bertz CT molecular complexity index is 569. The van der Waals surface area contributed by atoms with E-state index in [2.05, 4.69) is 30.9 Å². The molecule has 17 heavy (non-hydrogen) atoms. The zero-order valence-electron chi connectivity index (χ0n) is 9.70. The molecule has 0 unspecified atom stereocenters. The average Bonchev–Trinajstić information content (AvgIpc) is 2.86. The highest BCUT2D eigenvalue weighted by Gasteiger charge is 2.23. The largest absolute Gasteiger partial charge is 0.152 e. The van der Waals surface area contributed by atoms with Crippen molar-refractivity contribution in [3.8, 4) is 0 Å². The third-order valence-corrected chi connectivity index (χ3v) is 4.17. The predicted octanol–water partition coefficient (Wildman–Crippen LogP) is 3.53. The van der Waals surface area contributed by atoms with Crippen molar-refractivity contribution in [2.24, 2.45) is 0 Å². The van der Waals surface area contributed by atoms with Crippen molar-refractivity contribution in [2.45, 2.75) is 19.3 Å². The summed E-state index contributed by atoms with van der Waals surface area (Å²) >= 11 is 1.63. The van der Waals surface area contributed by atoms with Gasteiger partial charge in [-0.05, 0) is 58.5 Å². The van der Waals surface area contributed by atoms with E-state index in [9.17, 15) is 0 Å². The fraction of sp³-hybridized carbons (Fsp3) is 0.200. The first-order valence-corrected chi connectivity index (χ1v) is 6.71. The first-order chi connectivity index (χ1) is 8.24. The minimum absolute atomic E-state index is 0.872. The van der Waals surface area contributed by atoms with Gasteiger partial charge in [0.2, 0.25) is 0 Å². The van der Waals surface area contributed by atoms with Gasteiger partial charge in [-0.25, -0.2) is 0 Å². The van der Waals surface area contributed by atoms with Crippen LogP contribution in [0.2, 0.25) is 0 Å². The van der Waals surface area contributed by atoms with E-state index in [0.29, 0.717) is 0 Å². The Morgan fingerprint density at radius 3 is 2.76 bits per heavy atom. The Kier molecular flexibility index (Phi) is 2.68. The van der Waals surface area contributed by atoms with E-state index >= 15 is 0 Å². The van der Waals surface area contributed by atoms with Crippen molar-refractivity contribution in [3.63, 3.8) is 0 Å². The first kappa shape index (κ1) is 10.9. The highest BCUT2D eigenvalue weighted by molar-refractivity contribution is 7.20. The third kappa shape index (κ3) is 1.98. The van der Waals surface area contributed by atoms with E-state index < -0.39 is 0 Å². The summed E-state index contributed by atoms with van der Waals surface area (Å²) in [4.78, 5) is 1.22. The standard InChI is InChI=1S/C15H13BS/c1-10-12(9-13-6-7-15(16)17-13)8-11-4-2-3-5-14(10)11/h4-7,9H,1-3,8H2/b12-9+. The van der Waals surface area contributed by atoms with Crippen molar-refractivity contribution in [2.75, 3.05) is 0 Å². The van der Waals surface area contributed by atoms with Crippen LogP contribution in [-0.2, 0) is 0 Å². The first-order valence-electron chi connectivity index (χ1n) is 5.89. The molecule has 1 fully saturated rings.